The summed E-state index contributed by atoms with van der Waals surface area (Å²) < 4.78 is 36.0. The Kier molecular flexibility index (Phi) is 6.12. The Bertz CT molecular complexity index is 123. The van der Waals surface area contributed by atoms with Crippen molar-refractivity contribution < 1.29 is 13.2 Å². The van der Waals surface area contributed by atoms with E-state index < -0.39 is 12.7 Å². The van der Waals surface area contributed by atoms with Crippen molar-refractivity contribution >= 4 is 0 Å². The van der Waals surface area contributed by atoms with Crippen LogP contribution in [0.25, 0.3) is 0 Å². The summed E-state index contributed by atoms with van der Waals surface area (Å²) in [6, 6.07) is 0. The summed E-state index contributed by atoms with van der Waals surface area (Å²) in [6.45, 7) is 4.22. The molecule has 1 nitrogen and oxygen atoms in total. The van der Waals surface area contributed by atoms with Crippen molar-refractivity contribution in [3.63, 3.8) is 0 Å². The van der Waals surface area contributed by atoms with Gasteiger partial charge in [0.2, 0.25) is 0 Å². The first-order valence-corrected chi connectivity index (χ1v) is 4.78. The Morgan fingerprint density at radius 3 is 2.00 bits per heavy atom. The number of unbranched alkanes of at least 4 members (excludes halogenated alkanes) is 1. The number of hydrogen-bond donors (Lipinski definition) is 0. The van der Waals surface area contributed by atoms with Gasteiger partial charge in [0.15, 0.2) is 0 Å². The molecule has 0 radical (unpaired) electrons. The van der Waals surface area contributed by atoms with Crippen molar-refractivity contribution in [2.75, 3.05) is 19.6 Å². The average Bonchev–Trinajstić information content (AvgIpc) is 1.98. The SMILES string of the molecule is CCCCN(CCC)CC(F)(F)F. The van der Waals surface area contributed by atoms with Gasteiger partial charge in [-0.15, -0.1) is 0 Å². The van der Waals surface area contributed by atoms with E-state index in [0.717, 1.165) is 19.3 Å². The van der Waals surface area contributed by atoms with Gasteiger partial charge in [0.25, 0.3) is 0 Å². The summed E-state index contributed by atoms with van der Waals surface area (Å²) in [7, 11) is 0. The van der Waals surface area contributed by atoms with Crippen LogP contribution >= 0.6 is 0 Å². The second-order valence-electron chi connectivity index (χ2n) is 3.24. The fourth-order valence-electron chi connectivity index (χ4n) is 1.22. The number of alkyl halides is 3. The number of nitrogens with zero attached hydrogens (tertiary/aromatic N) is 1. The zero-order valence-electron chi connectivity index (χ0n) is 8.32. The van der Waals surface area contributed by atoms with Gasteiger partial charge in [0.05, 0.1) is 6.54 Å². The van der Waals surface area contributed by atoms with E-state index in [4.69, 9.17) is 0 Å². The highest BCUT2D eigenvalue weighted by atomic mass is 19.4. The van der Waals surface area contributed by atoms with Gasteiger partial charge in [-0.3, -0.25) is 4.90 Å². The molecule has 0 N–H and O–H groups in total. The highest BCUT2D eigenvalue weighted by Crippen LogP contribution is 2.16. The van der Waals surface area contributed by atoms with Crippen molar-refractivity contribution in [3.05, 3.63) is 0 Å². The summed E-state index contributed by atoms with van der Waals surface area (Å²) >= 11 is 0. The minimum Gasteiger partial charge on any atom is -0.295 e. The molecule has 0 rings (SSSR count). The maximum absolute atomic E-state index is 12.0. The molecule has 0 saturated heterocycles. The smallest absolute Gasteiger partial charge is 0.295 e. The van der Waals surface area contributed by atoms with Gasteiger partial charge in [0, 0.05) is 0 Å². The maximum Gasteiger partial charge on any atom is 0.401 e. The Morgan fingerprint density at radius 1 is 1.00 bits per heavy atom. The third-order valence-corrected chi connectivity index (χ3v) is 1.77. The van der Waals surface area contributed by atoms with Gasteiger partial charge in [-0.1, -0.05) is 20.3 Å². The molecule has 0 fully saturated rings. The van der Waals surface area contributed by atoms with E-state index in [1.54, 1.807) is 0 Å². The van der Waals surface area contributed by atoms with E-state index >= 15 is 0 Å². The second kappa shape index (κ2) is 6.24. The lowest BCUT2D eigenvalue weighted by Crippen LogP contribution is -2.35. The number of rotatable bonds is 6. The summed E-state index contributed by atoms with van der Waals surface area (Å²) in [5.41, 5.74) is 0. The zero-order valence-corrected chi connectivity index (χ0v) is 8.32. The van der Waals surface area contributed by atoms with Crippen LogP contribution in [0.5, 0.6) is 0 Å². The first-order valence-electron chi connectivity index (χ1n) is 4.78. The molecule has 0 aromatic carbocycles. The van der Waals surface area contributed by atoms with Gasteiger partial charge >= 0.3 is 6.18 Å². The first-order chi connectivity index (χ1) is 5.99. The van der Waals surface area contributed by atoms with Gasteiger partial charge < -0.3 is 0 Å². The van der Waals surface area contributed by atoms with Gasteiger partial charge in [-0.05, 0) is 25.9 Å². The molecular weight excluding hydrogens is 179 g/mol. The molecule has 0 aliphatic rings. The molecule has 0 aromatic rings. The monoisotopic (exact) mass is 197 g/mol. The Balaban J connectivity index is 3.79. The van der Waals surface area contributed by atoms with Crippen LogP contribution in [0.2, 0.25) is 0 Å². The van der Waals surface area contributed by atoms with Crippen molar-refractivity contribution in [2.24, 2.45) is 0 Å². The van der Waals surface area contributed by atoms with Gasteiger partial charge in [-0.25, -0.2) is 0 Å². The predicted molar refractivity (Wildman–Crippen MR) is 47.7 cm³/mol. The van der Waals surface area contributed by atoms with Crippen LogP contribution in [0.15, 0.2) is 0 Å². The Labute approximate surface area is 77.9 Å². The molecule has 0 bridgehead atoms. The van der Waals surface area contributed by atoms with E-state index in [0.29, 0.717) is 13.1 Å². The molecule has 0 atom stereocenters. The number of hydrogen-bond acceptors (Lipinski definition) is 1. The molecule has 80 valence electrons. The van der Waals surface area contributed by atoms with Crippen LogP contribution in [-0.4, -0.2) is 30.7 Å². The number of halogens is 3. The topological polar surface area (TPSA) is 3.24 Å². The van der Waals surface area contributed by atoms with Crippen LogP contribution in [-0.2, 0) is 0 Å². The van der Waals surface area contributed by atoms with E-state index in [-0.39, 0.29) is 0 Å². The van der Waals surface area contributed by atoms with Crippen LogP contribution in [0.4, 0.5) is 13.2 Å². The van der Waals surface area contributed by atoms with Crippen molar-refractivity contribution in [1.29, 1.82) is 0 Å². The fraction of sp³-hybridized carbons (Fsp3) is 1.00. The summed E-state index contributed by atoms with van der Waals surface area (Å²) in [6.07, 6.45) is -1.49. The predicted octanol–water partition coefficient (Wildman–Crippen LogP) is 3.06. The van der Waals surface area contributed by atoms with Crippen LogP contribution < -0.4 is 0 Å². The van der Waals surface area contributed by atoms with Gasteiger partial charge in [-0.2, -0.15) is 13.2 Å². The lowest BCUT2D eigenvalue weighted by molar-refractivity contribution is -0.146. The molecule has 0 aliphatic heterocycles. The first kappa shape index (κ1) is 12.8. The second-order valence-corrected chi connectivity index (χ2v) is 3.24. The molecule has 0 aromatic heterocycles. The molecule has 4 heteroatoms. The minimum absolute atomic E-state index is 0.541. The average molecular weight is 197 g/mol. The quantitative estimate of drug-likeness (QED) is 0.632. The third-order valence-electron chi connectivity index (χ3n) is 1.77. The standard InChI is InChI=1S/C9H18F3N/c1-3-5-7-13(6-4-2)8-9(10,11)12/h3-8H2,1-2H3. The molecule has 0 aliphatic carbocycles. The Morgan fingerprint density at radius 2 is 1.62 bits per heavy atom. The van der Waals surface area contributed by atoms with Crippen LogP contribution in [0, 0.1) is 0 Å². The fourth-order valence-corrected chi connectivity index (χ4v) is 1.22. The lowest BCUT2D eigenvalue weighted by atomic mass is 10.3. The molecule has 0 spiro atoms. The van der Waals surface area contributed by atoms with Crippen LogP contribution in [0.1, 0.15) is 33.1 Å². The summed E-state index contributed by atoms with van der Waals surface area (Å²) in [5, 5.41) is 0. The minimum atomic E-state index is -4.05. The van der Waals surface area contributed by atoms with Crippen LogP contribution in [0.3, 0.4) is 0 Å². The van der Waals surface area contributed by atoms with Crippen molar-refractivity contribution in [1.82, 2.24) is 4.90 Å². The maximum atomic E-state index is 12.0. The largest absolute Gasteiger partial charge is 0.401 e. The molecule has 0 unspecified atom stereocenters. The molecular formula is C9H18F3N. The highest BCUT2D eigenvalue weighted by molar-refractivity contribution is 4.62. The van der Waals surface area contributed by atoms with Crippen molar-refractivity contribution in [3.8, 4) is 0 Å². The Hall–Kier alpha value is -0.250. The normalized spacial score (nSPS) is 12.5. The lowest BCUT2D eigenvalue weighted by Gasteiger charge is -2.22. The van der Waals surface area contributed by atoms with E-state index in [2.05, 4.69) is 0 Å². The van der Waals surface area contributed by atoms with Crippen molar-refractivity contribution in [2.45, 2.75) is 39.3 Å². The van der Waals surface area contributed by atoms with E-state index in [1.165, 1.54) is 4.90 Å². The summed E-state index contributed by atoms with van der Waals surface area (Å²) in [5.74, 6) is 0. The molecule has 0 heterocycles. The van der Waals surface area contributed by atoms with E-state index in [1.807, 2.05) is 13.8 Å². The van der Waals surface area contributed by atoms with Gasteiger partial charge in [0.1, 0.15) is 0 Å². The third kappa shape index (κ3) is 8.09. The highest BCUT2D eigenvalue weighted by Gasteiger charge is 2.29. The molecule has 0 saturated carbocycles. The zero-order chi connectivity index (χ0) is 10.3. The summed E-state index contributed by atoms with van der Waals surface area (Å²) in [4.78, 5) is 1.48. The van der Waals surface area contributed by atoms with E-state index in [9.17, 15) is 13.2 Å². The molecule has 0 amide bonds. The molecule has 13 heavy (non-hydrogen) atoms.